The van der Waals surface area contributed by atoms with Gasteiger partial charge in [0.05, 0.1) is 5.69 Å². The zero-order valence-corrected chi connectivity index (χ0v) is 15.5. The monoisotopic (exact) mass is 406 g/mol. The standard InChI is InChI=1S/C19H20BrFN2O2/c1-13(24)22-16-10-11-17(21)18(12-16)23-19(25)5-3-2-4-14-6-8-15(20)9-7-14/h6-12H,2-5H2,1H3,(H,22,24)(H,23,25). The summed E-state index contributed by atoms with van der Waals surface area (Å²) < 4.78 is 14.8. The first-order chi connectivity index (χ1) is 11.9. The lowest BCUT2D eigenvalue weighted by molar-refractivity contribution is -0.116. The number of nitrogens with one attached hydrogen (secondary N) is 2. The van der Waals surface area contributed by atoms with Crippen molar-refractivity contribution < 1.29 is 14.0 Å². The van der Waals surface area contributed by atoms with Gasteiger partial charge in [-0.05, 0) is 55.2 Å². The SMILES string of the molecule is CC(=O)Nc1ccc(F)c(NC(=O)CCCCc2ccc(Br)cc2)c1. The van der Waals surface area contributed by atoms with Crippen molar-refractivity contribution in [1.29, 1.82) is 0 Å². The molecule has 2 amide bonds. The minimum Gasteiger partial charge on any atom is -0.326 e. The molecule has 0 aliphatic rings. The lowest BCUT2D eigenvalue weighted by Gasteiger charge is -2.09. The molecular formula is C19H20BrFN2O2. The molecule has 4 nitrogen and oxygen atoms in total. The van der Waals surface area contributed by atoms with Crippen LogP contribution in [0, 0.1) is 5.82 Å². The third-order valence-electron chi connectivity index (χ3n) is 3.59. The van der Waals surface area contributed by atoms with Gasteiger partial charge in [-0.15, -0.1) is 0 Å². The largest absolute Gasteiger partial charge is 0.326 e. The van der Waals surface area contributed by atoms with Crippen LogP contribution in [0.15, 0.2) is 46.9 Å². The maximum atomic E-state index is 13.8. The molecule has 0 aromatic heterocycles. The topological polar surface area (TPSA) is 58.2 Å². The van der Waals surface area contributed by atoms with E-state index >= 15 is 0 Å². The predicted octanol–water partition coefficient (Wildman–Crippen LogP) is 4.90. The molecule has 0 saturated carbocycles. The van der Waals surface area contributed by atoms with Gasteiger partial charge in [0.25, 0.3) is 0 Å². The Labute approximate surface area is 154 Å². The molecule has 0 saturated heterocycles. The smallest absolute Gasteiger partial charge is 0.224 e. The minimum atomic E-state index is -0.530. The number of anilines is 2. The van der Waals surface area contributed by atoms with Crippen LogP contribution in [0.5, 0.6) is 0 Å². The van der Waals surface area contributed by atoms with Gasteiger partial charge in [0.15, 0.2) is 0 Å². The molecule has 0 aliphatic heterocycles. The van der Waals surface area contributed by atoms with Crippen molar-refractivity contribution >= 4 is 39.1 Å². The van der Waals surface area contributed by atoms with Gasteiger partial charge in [-0.3, -0.25) is 9.59 Å². The van der Waals surface area contributed by atoms with Crippen LogP contribution in [0.3, 0.4) is 0 Å². The number of rotatable bonds is 7. The predicted molar refractivity (Wildman–Crippen MR) is 101 cm³/mol. The van der Waals surface area contributed by atoms with Gasteiger partial charge in [-0.2, -0.15) is 0 Å². The van der Waals surface area contributed by atoms with Crippen LogP contribution in [-0.4, -0.2) is 11.8 Å². The van der Waals surface area contributed by atoms with Crippen molar-refractivity contribution in [2.45, 2.75) is 32.6 Å². The molecule has 0 aliphatic carbocycles. The van der Waals surface area contributed by atoms with E-state index < -0.39 is 5.82 Å². The quantitative estimate of drug-likeness (QED) is 0.642. The zero-order valence-electron chi connectivity index (χ0n) is 13.9. The van der Waals surface area contributed by atoms with E-state index in [9.17, 15) is 14.0 Å². The highest BCUT2D eigenvalue weighted by Gasteiger charge is 2.09. The average molecular weight is 407 g/mol. The molecule has 2 N–H and O–H groups in total. The van der Waals surface area contributed by atoms with Crippen LogP contribution in [0.25, 0.3) is 0 Å². The highest BCUT2D eigenvalue weighted by molar-refractivity contribution is 9.10. The fraction of sp³-hybridized carbons (Fsp3) is 0.263. The van der Waals surface area contributed by atoms with E-state index in [0.29, 0.717) is 12.1 Å². The summed E-state index contributed by atoms with van der Waals surface area (Å²) in [6.45, 7) is 1.37. The first-order valence-corrected chi connectivity index (χ1v) is 8.85. The Kier molecular flexibility index (Phi) is 7.13. The maximum absolute atomic E-state index is 13.8. The van der Waals surface area contributed by atoms with Crippen molar-refractivity contribution in [3.8, 4) is 0 Å². The number of hydrogen-bond acceptors (Lipinski definition) is 2. The summed E-state index contributed by atoms with van der Waals surface area (Å²) in [6.07, 6.45) is 2.81. The van der Waals surface area contributed by atoms with Crippen LogP contribution >= 0.6 is 15.9 Å². The van der Waals surface area contributed by atoms with Crippen LogP contribution < -0.4 is 10.6 Å². The van der Waals surface area contributed by atoms with Gasteiger partial charge >= 0.3 is 0 Å². The third-order valence-corrected chi connectivity index (χ3v) is 4.12. The van der Waals surface area contributed by atoms with Gasteiger partial charge in [0, 0.05) is 23.5 Å². The summed E-state index contributed by atoms with van der Waals surface area (Å²) in [6, 6.07) is 12.2. The van der Waals surface area contributed by atoms with Gasteiger partial charge < -0.3 is 10.6 Å². The molecule has 0 heterocycles. The Hall–Kier alpha value is -2.21. The summed E-state index contributed by atoms with van der Waals surface area (Å²) in [5.74, 6) is -1.02. The van der Waals surface area contributed by atoms with Gasteiger partial charge in [0.1, 0.15) is 5.82 Å². The van der Waals surface area contributed by atoms with Crippen LogP contribution in [0.2, 0.25) is 0 Å². The molecule has 0 spiro atoms. The summed E-state index contributed by atoms with van der Waals surface area (Å²) in [5, 5.41) is 5.12. The van der Waals surface area contributed by atoms with Crippen molar-refractivity contribution in [3.63, 3.8) is 0 Å². The molecule has 2 rings (SSSR count). The molecular weight excluding hydrogens is 387 g/mol. The lowest BCUT2D eigenvalue weighted by Crippen LogP contribution is -2.13. The number of unbranched alkanes of at least 4 members (excludes halogenated alkanes) is 1. The van der Waals surface area contributed by atoms with Crippen molar-refractivity contribution in [2.24, 2.45) is 0 Å². The van der Waals surface area contributed by atoms with Gasteiger partial charge in [-0.1, -0.05) is 28.1 Å². The molecule has 25 heavy (non-hydrogen) atoms. The van der Waals surface area contributed by atoms with Crippen LogP contribution in [-0.2, 0) is 16.0 Å². The first kappa shape index (κ1) is 19.1. The van der Waals surface area contributed by atoms with E-state index in [-0.39, 0.29) is 17.5 Å². The third kappa shape index (κ3) is 6.66. The highest BCUT2D eigenvalue weighted by atomic mass is 79.9. The molecule has 0 unspecified atom stereocenters. The second-order valence-corrected chi connectivity index (χ2v) is 6.67. The van der Waals surface area contributed by atoms with Crippen molar-refractivity contribution in [1.82, 2.24) is 0 Å². The molecule has 6 heteroatoms. The number of amides is 2. The van der Waals surface area contributed by atoms with E-state index in [1.54, 1.807) is 0 Å². The molecule has 0 bridgehead atoms. The minimum absolute atomic E-state index is 0.0733. The average Bonchev–Trinajstić information content (AvgIpc) is 2.56. The van der Waals surface area contributed by atoms with Gasteiger partial charge in [-0.25, -0.2) is 4.39 Å². The Bertz CT molecular complexity index is 748. The van der Waals surface area contributed by atoms with E-state index in [2.05, 4.69) is 26.6 Å². The molecule has 0 radical (unpaired) electrons. The summed E-state index contributed by atoms with van der Waals surface area (Å²) in [4.78, 5) is 23.0. The van der Waals surface area contributed by atoms with E-state index in [0.717, 1.165) is 23.7 Å². The fourth-order valence-electron chi connectivity index (χ4n) is 2.38. The zero-order chi connectivity index (χ0) is 18.2. The molecule has 0 fully saturated rings. The number of carbonyl (C=O) groups is 2. The summed E-state index contributed by atoms with van der Waals surface area (Å²) in [5.41, 5.74) is 1.74. The number of benzene rings is 2. The Morgan fingerprint density at radius 3 is 2.44 bits per heavy atom. The number of aryl methyl sites for hydroxylation is 1. The highest BCUT2D eigenvalue weighted by Crippen LogP contribution is 2.20. The van der Waals surface area contributed by atoms with E-state index in [1.165, 1.54) is 30.7 Å². The molecule has 132 valence electrons. The van der Waals surface area contributed by atoms with E-state index in [4.69, 9.17) is 0 Å². The summed E-state index contributed by atoms with van der Waals surface area (Å²) in [7, 11) is 0. The van der Waals surface area contributed by atoms with E-state index in [1.807, 2.05) is 24.3 Å². The van der Waals surface area contributed by atoms with Gasteiger partial charge in [0.2, 0.25) is 11.8 Å². The normalized spacial score (nSPS) is 10.4. The molecule has 2 aromatic rings. The second kappa shape index (κ2) is 9.32. The molecule has 0 atom stereocenters. The Morgan fingerprint density at radius 1 is 1.04 bits per heavy atom. The van der Waals surface area contributed by atoms with Crippen molar-refractivity contribution in [2.75, 3.05) is 10.6 Å². The summed E-state index contributed by atoms with van der Waals surface area (Å²) >= 11 is 3.40. The lowest BCUT2D eigenvalue weighted by atomic mass is 10.1. The molecule has 2 aromatic carbocycles. The van der Waals surface area contributed by atoms with Crippen LogP contribution in [0.1, 0.15) is 31.7 Å². The number of halogens is 2. The Morgan fingerprint density at radius 2 is 1.76 bits per heavy atom. The Balaban J connectivity index is 1.79. The maximum Gasteiger partial charge on any atom is 0.224 e. The van der Waals surface area contributed by atoms with Crippen LogP contribution in [0.4, 0.5) is 15.8 Å². The number of hydrogen-bond donors (Lipinski definition) is 2. The fourth-order valence-corrected chi connectivity index (χ4v) is 2.64. The first-order valence-electron chi connectivity index (χ1n) is 8.05. The second-order valence-electron chi connectivity index (χ2n) is 5.76. The number of carbonyl (C=O) groups excluding carboxylic acids is 2. The van der Waals surface area contributed by atoms with Crippen molar-refractivity contribution in [3.05, 3.63) is 58.3 Å².